The second-order valence-corrected chi connectivity index (χ2v) is 5.89. The number of hydrogen-bond donors (Lipinski definition) is 0. The van der Waals surface area contributed by atoms with Gasteiger partial charge in [-0.2, -0.15) is 0 Å². The molecule has 0 bridgehead atoms. The summed E-state index contributed by atoms with van der Waals surface area (Å²) in [6.07, 6.45) is 2.04. The fourth-order valence-electron chi connectivity index (χ4n) is 2.73. The highest BCUT2D eigenvalue weighted by Gasteiger charge is 2.34. The van der Waals surface area contributed by atoms with Gasteiger partial charge in [0.25, 0.3) is 0 Å². The lowest BCUT2D eigenvalue weighted by Crippen LogP contribution is -2.19. The predicted octanol–water partition coefficient (Wildman–Crippen LogP) is 4.09. The number of rotatable bonds is 5. The Morgan fingerprint density at radius 3 is 2.60 bits per heavy atom. The minimum atomic E-state index is -0.286. The summed E-state index contributed by atoms with van der Waals surface area (Å²) in [5.74, 6) is 0.933. The van der Waals surface area contributed by atoms with Gasteiger partial charge < -0.3 is 14.2 Å². The van der Waals surface area contributed by atoms with Crippen molar-refractivity contribution in [2.24, 2.45) is 5.92 Å². The van der Waals surface area contributed by atoms with Crippen molar-refractivity contribution in [2.45, 2.75) is 30.7 Å². The summed E-state index contributed by atoms with van der Waals surface area (Å²) < 4.78 is 30.3. The van der Waals surface area contributed by atoms with E-state index in [2.05, 4.69) is 22.9 Å². The standard InChI is InChI=1S/C15H20BrFO3/c1-4-12-9(5-6-20-12)15(16)10-7-13(18-2)14(19-3)8-11(10)17/h7-9,12,15H,4-6H2,1-3H3. The van der Waals surface area contributed by atoms with E-state index in [-0.39, 0.29) is 22.7 Å². The van der Waals surface area contributed by atoms with E-state index in [0.29, 0.717) is 17.1 Å². The molecular weight excluding hydrogens is 327 g/mol. The lowest BCUT2D eigenvalue weighted by molar-refractivity contribution is 0.0871. The molecule has 1 aliphatic rings. The first-order valence-electron chi connectivity index (χ1n) is 6.79. The molecule has 0 aromatic heterocycles. The lowest BCUT2D eigenvalue weighted by atomic mass is 9.91. The van der Waals surface area contributed by atoms with Crippen LogP contribution in [0.15, 0.2) is 12.1 Å². The third kappa shape index (κ3) is 2.93. The van der Waals surface area contributed by atoms with Gasteiger partial charge in [-0.15, -0.1) is 0 Å². The Morgan fingerprint density at radius 1 is 1.35 bits per heavy atom. The largest absolute Gasteiger partial charge is 0.493 e. The maximum absolute atomic E-state index is 14.3. The fraction of sp³-hybridized carbons (Fsp3) is 0.600. The van der Waals surface area contributed by atoms with E-state index in [1.807, 2.05) is 0 Å². The zero-order chi connectivity index (χ0) is 14.7. The second-order valence-electron chi connectivity index (χ2n) is 4.90. The highest BCUT2D eigenvalue weighted by molar-refractivity contribution is 9.09. The molecule has 0 radical (unpaired) electrons. The van der Waals surface area contributed by atoms with E-state index in [4.69, 9.17) is 14.2 Å². The normalized spacial score (nSPS) is 23.6. The zero-order valence-corrected chi connectivity index (χ0v) is 13.6. The molecule has 3 atom stereocenters. The Kier molecular flexibility index (Phi) is 5.27. The van der Waals surface area contributed by atoms with E-state index in [9.17, 15) is 4.39 Å². The molecule has 112 valence electrons. The molecule has 0 aliphatic carbocycles. The van der Waals surface area contributed by atoms with E-state index >= 15 is 0 Å². The van der Waals surface area contributed by atoms with Gasteiger partial charge in [0.1, 0.15) is 5.82 Å². The van der Waals surface area contributed by atoms with Crippen molar-refractivity contribution in [2.75, 3.05) is 20.8 Å². The fourth-order valence-corrected chi connectivity index (χ4v) is 3.69. The van der Waals surface area contributed by atoms with Crippen molar-refractivity contribution in [3.63, 3.8) is 0 Å². The van der Waals surface area contributed by atoms with Gasteiger partial charge >= 0.3 is 0 Å². The molecule has 1 aromatic carbocycles. The number of halogens is 2. The molecule has 0 N–H and O–H groups in total. The second kappa shape index (κ2) is 6.76. The average molecular weight is 347 g/mol. The molecule has 20 heavy (non-hydrogen) atoms. The van der Waals surface area contributed by atoms with Crippen molar-refractivity contribution in [1.82, 2.24) is 0 Å². The van der Waals surface area contributed by atoms with Gasteiger partial charge in [-0.1, -0.05) is 22.9 Å². The highest BCUT2D eigenvalue weighted by Crippen LogP contribution is 2.43. The Hall–Kier alpha value is -0.810. The number of ether oxygens (including phenoxy) is 3. The molecule has 1 aliphatic heterocycles. The molecule has 1 aromatic rings. The molecule has 1 heterocycles. The molecule has 3 unspecified atom stereocenters. The highest BCUT2D eigenvalue weighted by atomic mass is 79.9. The Labute approximate surface area is 127 Å². The van der Waals surface area contributed by atoms with Crippen LogP contribution < -0.4 is 9.47 Å². The van der Waals surface area contributed by atoms with Crippen LogP contribution in [0.25, 0.3) is 0 Å². The van der Waals surface area contributed by atoms with Gasteiger partial charge in [0.15, 0.2) is 11.5 Å². The van der Waals surface area contributed by atoms with Crippen molar-refractivity contribution in [1.29, 1.82) is 0 Å². The van der Waals surface area contributed by atoms with Crippen LogP contribution >= 0.6 is 15.9 Å². The average Bonchev–Trinajstić information content (AvgIpc) is 2.94. The smallest absolute Gasteiger partial charge is 0.163 e. The van der Waals surface area contributed by atoms with E-state index in [1.165, 1.54) is 13.2 Å². The van der Waals surface area contributed by atoms with Gasteiger partial charge in [-0.3, -0.25) is 0 Å². The van der Waals surface area contributed by atoms with E-state index in [0.717, 1.165) is 19.4 Å². The van der Waals surface area contributed by atoms with E-state index in [1.54, 1.807) is 13.2 Å². The zero-order valence-electron chi connectivity index (χ0n) is 12.0. The van der Waals surface area contributed by atoms with Crippen molar-refractivity contribution in [3.05, 3.63) is 23.5 Å². The summed E-state index contributed by atoms with van der Waals surface area (Å²) in [7, 11) is 3.05. The first-order valence-corrected chi connectivity index (χ1v) is 7.71. The maximum Gasteiger partial charge on any atom is 0.163 e. The Balaban J connectivity index is 2.31. The van der Waals surface area contributed by atoms with Gasteiger partial charge in [-0.05, 0) is 18.9 Å². The van der Waals surface area contributed by atoms with Crippen LogP contribution in [-0.2, 0) is 4.74 Å². The Morgan fingerprint density at radius 2 is 2.00 bits per heavy atom. The first-order chi connectivity index (χ1) is 9.62. The summed E-state index contributed by atoms with van der Waals surface area (Å²) in [6.45, 7) is 2.83. The monoisotopic (exact) mass is 346 g/mol. The summed E-state index contributed by atoms with van der Waals surface area (Å²) >= 11 is 3.64. The third-order valence-electron chi connectivity index (χ3n) is 3.84. The van der Waals surface area contributed by atoms with Crippen LogP contribution in [0.3, 0.4) is 0 Å². The molecule has 0 saturated carbocycles. The van der Waals surface area contributed by atoms with Gasteiger partial charge in [0.05, 0.1) is 20.3 Å². The van der Waals surface area contributed by atoms with Crippen LogP contribution in [0.5, 0.6) is 11.5 Å². The maximum atomic E-state index is 14.3. The summed E-state index contributed by atoms with van der Waals surface area (Å²) in [4.78, 5) is -0.0882. The van der Waals surface area contributed by atoms with Crippen LogP contribution in [0.4, 0.5) is 4.39 Å². The van der Waals surface area contributed by atoms with Crippen LogP contribution in [0.2, 0.25) is 0 Å². The molecule has 2 rings (SSSR count). The van der Waals surface area contributed by atoms with Crippen LogP contribution in [-0.4, -0.2) is 26.9 Å². The van der Waals surface area contributed by atoms with Crippen molar-refractivity contribution < 1.29 is 18.6 Å². The molecule has 1 fully saturated rings. The Bertz CT molecular complexity index is 467. The van der Waals surface area contributed by atoms with Crippen LogP contribution in [0.1, 0.15) is 30.2 Å². The predicted molar refractivity (Wildman–Crippen MR) is 79.3 cm³/mol. The van der Waals surface area contributed by atoms with Crippen molar-refractivity contribution >= 4 is 15.9 Å². The van der Waals surface area contributed by atoms with Crippen LogP contribution in [0, 0.1) is 11.7 Å². The SMILES string of the molecule is CCC1OCCC1C(Br)c1cc(OC)c(OC)cc1F. The minimum Gasteiger partial charge on any atom is -0.493 e. The number of benzene rings is 1. The lowest BCUT2D eigenvalue weighted by Gasteiger charge is -2.24. The third-order valence-corrected chi connectivity index (χ3v) is 5.01. The van der Waals surface area contributed by atoms with Gasteiger partial charge in [-0.25, -0.2) is 4.39 Å². The molecule has 3 nitrogen and oxygen atoms in total. The van der Waals surface area contributed by atoms with Crippen molar-refractivity contribution in [3.8, 4) is 11.5 Å². The summed E-state index contributed by atoms with van der Waals surface area (Å²) in [6, 6.07) is 3.08. The molecule has 0 spiro atoms. The molecule has 0 amide bonds. The van der Waals surface area contributed by atoms with E-state index < -0.39 is 0 Å². The minimum absolute atomic E-state index is 0.0882. The quantitative estimate of drug-likeness (QED) is 0.751. The molecule has 1 saturated heterocycles. The first kappa shape index (κ1) is 15.6. The molecule has 5 heteroatoms. The summed E-state index contributed by atoms with van der Waals surface area (Å²) in [5, 5.41) is 0. The molecular formula is C15H20BrFO3. The number of methoxy groups -OCH3 is 2. The van der Waals surface area contributed by atoms with Gasteiger partial charge in [0, 0.05) is 29.0 Å². The summed E-state index contributed by atoms with van der Waals surface area (Å²) in [5.41, 5.74) is 0.594. The number of alkyl halides is 1. The number of hydrogen-bond acceptors (Lipinski definition) is 3. The topological polar surface area (TPSA) is 27.7 Å². The van der Waals surface area contributed by atoms with Gasteiger partial charge in [0.2, 0.25) is 0 Å².